The van der Waals surface area contributed by atoms with Crippen molar-refractivity contribution in [2.45, 2.75) is 27.7 Å². The molecule has 0 bridgehead atoms. The highest BCUT2D eigenvalue weighted by molar-refractivity contribution is 7.10. The van der Waals surface area contributed by atoms with E-state index in [9.17, 15) is 14.9 Å². The molecule has 158 valence electrons. The van der Waals surface area contributed by atoms with Crippen molar-refractivity contribution < 1.29 is 19.1 Å². The second kappa shape index (κ2) is 11.0. The van der Waals surface area contributed by atoms with Gasteiger partial charge in [-0.15, -0.1) is 10.2 Å². The van der Waals surface area contributed by atoms with E-state index in [1.165, 1.54) is 13.8 Å². The van der Waals surface area contributed by atoms with Gasteiger partial charge in [0.1, 0.15) is 24.8 Å². The summed E-state index contributed by atoms with van der Waals surface area (Å²) in [7, 11) is 0. The molecule has 2 rings (SSSR count). The largest absolute Gasteiger partial charge is 0.464 e. The Morgan fingerprint density at radius 3 is 2.30 bits per heavy atom. The molecular formula is C20H23N5O4S. The zero-order chi connectivity index (χ0) is 22.1. The summed E-state index contributed by atoms with van der Waals surface area (Å²) in [5.74, 6) is -0.700. The van der Waals surface area contributed by atoms with Crippen LogP contribution in [0.2, 0.25) is 0 Å². The molecule has 0 atom stereocenters. The lowest BCUT2D eigenvalue weighted by molar-refractivity contribution is -0.141. The zero-order valence-corrected chi connectivity index (χ0v) is 18.2. The maximum atomic E-state index is 11.0. The Hall–Kier alpha value is -3.32. The molecule has 2 aromatic rings. The third-order valence-electron chi connectivity index (χ3n) is 4.08. The molecule has 0 saturated carbocycles. The Labute approximate surface area is 179 Å². The molecule has 0 spiro atoms. The number of nitrogens with zero attached hydrogens (tertiary/aromatic N) is 5. The number of aryl methyl sites for hydroxylation is 2. The number of hydrogen-bond acceptors (Lipinski definition) is 10. The lowest BCUT2D eigenvalue weighted by atomic mass is 10.1. The van der Waals surface area contributed by atoms with E-state index >= 15 is 0 Å². The number of nitriles is 1. The van der Waals surface area contributed by atoms with Gasteiger partial charge in [-0.05, 0) is 49.1 Å². The fourth-order valence-corrected chi connectivity index (χ4v) is 3.25. The van der Waals surface area contributed by atoms with Crippen LogP contribution < -0.4 is 4.90 Å². The maximum Gasteiger partial charge on any atom is 0.302 e. The summed E-state index contributed by atoms with van der Waals surface area (Å²) in [4.78, 5) is 24.0. The molecule has 0 unspecified atom stereocenters. The van der Waals surface area contributed by atoms with E-state index in [4.69, 9.17) is 9.47 Å². The maximum absolute atomic E-state index is 11.0. The first-order chi connectivity index (χ1) is 14.3. The Morgan fingerprint density at radius 2 is 1.77 bits per heavy atom. The molecule has 0 aliphatic heterocycles. The van der Waals surface area contributed by atoms with E-state index in [0.717, 1.165) is 22.8 Å². The summed E-state index contributed by atoms with van der Waals surface area (Å²) in [5.41, 5.74) is 3.48. The van der Waals surface area contributed by atoms with Gasteiger partial charge in [-0.3, -0.25) is 9.59 Å². The minimum atomic E-state index is -0.350. The number of rotatable bonds is 9. The molecule has 0 saturated heterocycles. The van der Waals surface area contributed by atoms with Gasteiger partial charge in [-0.25, -0.2) is 0 Å². The highest BCUT2D eigenvalue weighted by atomic mass is 32.1. The minimum absolute atomic E-state index is 0.220. The highest BCUT2D eigenvalue weighted by Crippen LogP contribution is 2.30. The summed E-state index contributed by atoms with van der Waals surface area (Å²) in [6.07, 6.45) is 0. The van der Waals surface area contributed by atoms with Crippen molar-refractivity contribution in [3.05, 3.63) is 35.0 Å². The first kappa shape index (κ1) is 23.0. The first-order valence-electron chi connectivity index (χ1n) is 9.22. The van der Waals surface area contributed by atoms with Crippen LogP contribution in [0.15, 0.2) is 28.4 Å². The number of anilines is 1. The van der Waals surface area contributed by atoms with Crippen molar-refractivity contribution in [2.75, 3.05) is 31.2 Å². The second-order valence-electron chi connectivity index (χ2n) is 6.40. The van der Waals surface area contributed by atoms with Gasteiger partial charge in [-0.1, -0.05) is 0 Å². The molecule has 0 aliphatic rings. The van der Waals surface area contributed by atoms with Gasteiger partial charge in [0, 0.05) is 19.5 Å². The predicted octanol–water partition coefficient (Wildman–Crippen LogP) is 3.98. The zero-order valence-electron chi connectivity index (χ0n) is 17.3. The minimum Gasteiger partial charge on any atom is -0.464 e. The molecule has 0 N–H and O–H groups in total. The summed E-state index contributed by atoms with van der Waals surface area (Å²) in [6.45, 7) is 7.71. The van der Waals surface area contributed by atoms with Crippen LogP contribution in [0.5, 0.6) is 0 Å². The number of carbonyl (C=O) groups is 2. The van der Waals surface area contributed by atoms with Gasteiger partial charge < -0.3 is 14.4 Å². The summed E-state index contributed by atoms with van der Waals surface area (Å²) < 4.78 is 14.2. The third kappa shape index (κ3) is 6.63. The number of azo groups is 1. The predicted molar refractivity (Wildman–Crippen MR) is 112 cm³/mol. The molecule has 0 aliphatic carbocycles. The first-order valence-corrected chi connectivity index (χ1v) is 9.99. The smallest absolute Gasteiger partial charge is 0.302 e. The Kier molecular flexibility index (Phi) is 8.43. The van der Waals surface area contributed by atoms with Gasteiger partial charge in [0.25, 0.3) is 0 Å². The highest BCUT2D eigenvalue weighted by Gasteiger charge is 2.12. The van der Waals surface area contributed by atoms with Crippen LogP contribution in [0, 0.1) is 25.2 Å². The molecule has 0 radical (unpaired) electrons. The van der Waals surface area contributed by atoms with Crippen molar-refractivity contribution in [1.82, 2.24) is 4.37 Å². The number of hydrogen-bond donors (Lipinski definition) is 0. The lowest BCUT2D eigenvalue weighted by Crippen LogP contribution is -2.31. The van der Waals surface area contributed by atoms with Crippen LogP contribution >= 0.6 is 11.5 Å². The standard InChI is InChI=1S/C20H23N5O4S/c1-13-11-17(25(7-9-28-15(3)26)8-10-29-16(4)27)5-6-19(13)22-23-20-18(12-21)14(2)24-30-20/h5-6,11H,7-10H2,1-4H3. The summed E-state index contributed by atoms with van der Waals surface area (Å²) in [6, 6.07) is 7.70. The average Bonchev–Trinajstić information content (AvgIpc) is 3.04. The van der Waals surface area contributed by atoms with E-state index in [1.807, 2.05) is 30.0 Å². The SMILES string of the molecule is CC(=O)OCCN(CCOC(C)=O)c1ccc(N=Nc2snc(C)c2C#N)c(C)c1. The van der Waals surface area contributed by atoms with Crippen molar-refractivity contribution in [3.63, 3.8) is 0 Å². The van der Waals surface area contributed by atoms with E-state index in [2.05, 4.69) is 20.7 Å². The van der Waals surface area contributed by atoms with Gasteiger partial charge in [-0.2, -0.15) is 9.64 Å². The van der Waals surface area contributed by atoms with Crippen LogP contribution in [0.1, 0.15) is 30.7 Å². The summed E-state index contributed by atoms with van der Waals surface area (Å²) in [5, 5.41) is 18.1. The van der Waals surface area contributed by atoms with Crippen LogP contribution in [0.25, 0.3) is 0 Å². The molecule has 1 aromatic heterocycles. The second-order valence-corrected chi connectivity index (χ2v) is 7.15. The average molecular weight is 430 g/mol. The van der Waals surface area contributed by atoms with Crippen LogP contribution in [-0.4, -0.2) is 42.6 Å². The number of esters is 2. The van der Waals surface area contributed by atoms with E-state index in [-0.39, 0.29) is 25.2 Å². The van der Waals surface area contributed by atoms with E-state index in [0.29, 0.717) is 35.0 Å². The Balaban J connectivity index is 2.16. The molecule has 0 amide bonds. The van der Waals surface area contributed by atoms with Crippen molar-refractivity contribution in [1.29, 1.82) is 5.26 Å². The normalized spacial score (nSPS) is 10.6. The number of aromatic nitrogens is 1. The fraction of sp³-hybridized carbons (Fsp3) is 0.400. The van der Waals surface area contributed by atoms with Crippen molar-refractivity contribution >= 4 is 39.8 Å². The van der Waals surface area contributed by atoms with Gasteiger partial charge in [0.2, 0.25) is 0 Å². The fourth-order valence-electron chi connectivity index (χ4n) is 2.57. The van der Waals surface area contributed by atoms with Crippen LogP contribution in [-0.2, 0) is 19.1 Å². The van der Waals surface area contributed by atoms with Crippen LogP contribution in [0.4, 0.5) is 16.4 Å². The molecule has 1 heterocycles. The molecule has 9 nitrogen and oxygen atoms in total. The quantitative estimate of drug-likeness (QED) is 0.437. The summed E-state index contributed by atoms with van der Waals surface area (Å²) >= 11 is 1.13. The molecular weight excluding hydrogens is 406 g/mol. The Bertz CT molecular complexity index is 960. The molecule has 30 heavy (non-hydrogen) atoms. The van der Waals surface area contributed by atoms with Gasteiger partial charge in [0.05, 0.1) is 24.5 Å². The number of carbonyl (C=O) groups excluding carboxylic acids is 2. The molecule has 1 aromatic carbocycles. The number of ether oxygens (including phenoxy) is 2. The monoisotopic (exact) mass is 429 g/mol. The van der Waals surface area contributed by atoms with Gasteiger partial charge in [0.15, 0.2) is 5.00 Å². The van der Waals surface area contributed by atoms with Crippen molar-refractivity contribution in [2.24, 2.45) is 10.2 Å². The van der Waals surface area contributed by atoms with E-state index in [1.54, 1.807) is 6.92 Å². The lowest BCUT2D eigenvalue weighted by Gasteiger charge is -2.25. The van der Waals surface area contributed by atoms with Crippen LogP contribution in [0.3, 0.4) is 0 Å². The molecule has 0 fully saturated rings. The van der Waals surface area contributed by atoms with E-state index < -0.39 is 0 Å². The Morgan fingerprint density at radius 1 is 1.13 bits per heavy atom. The topological polar surface area (TPSA) is 117 Å². The number of benzene rings is 1. The van der Waals surface area contributed by atoms with Crippen molar-refractivity contribution in [3.8, 4) is 6.07 Å². The third-order valence-corrected chi connectivity index (χ3v) is 4.91. The molecule has 10 heteroatoms. The van der Waals surface area contributed by atoms with Gasteiger partial charge >= 0.3 is 11.9 Å².